The second-order valence-electron chi connectivity index (χ2n) is 4.94. The number of methoxy groups -OCH3 is 1. The van der Waals surface area contributed by atoms with Crippen LogP contribution in [0.3, 0.4) is 0 Å². The molecule has 3 rings (SSSR count). The summed E-state index contributed by atoms with van der Waals surface area (Å²) in [7, 11) is 1.56. The molecule has 116 valence electrons. The molecule has 2 N–H and O–H groups in total. The lowest BCUT2D eigenvalue weighted by Gasteiger charge is -2.06. The van der Waals surface area contributed by atoms with Gasteiger partial charge in [-0.1, -0.05) is 11.6 Å². The molecule has 6 heteroatoms. The SMILES string of the molecule is COc1ccc(C(Cl)=C2C(=O)Nc3ccc(C(=O)O)cc32)cc1. The van der Waals surface area contributed by atoms with Crippen molar-refractivity contribution < 1.29 is 19.4 Å². The van der Waals surface area contributed by atoms with Crippen LogP contribution in [0.5, 0.6) is 5.75 Å². The molecule has 1 amide bonds. The summed E-state index contributed by atoms with van der Waals surface area (Å²) in [5, 5.41) is 12.1. The Morgan fingerprint density at radius 1 is 1.13 bits per heavy atom. The van der Waals surface area contributed by atoms with Gasteiger partial charge in [-0.15, -0.1) is 0 Å². The number of ether oxygens (including phenoxy) is 1. The van der Waals surface area contributed by atoms with E-state index in [-0.39, 0.29) is 22.1 Å². The number of carboxylic acids is 1. The molecule has 0 aromatic heterocycles. The maximum absolute atomic E-state index is 12.2. The fourth-order valence-electron chi connectivity index (χ4n) is 2.40. The minimum atomic E-state index is -1.06. The Balaban J connectivity index is 2.13. The molecule has 2 aromatic rings. The fourth-order valence-corrected chi connectivity index (χ4v) is 2.71. The molecule has 5 nitrogen and oxygen atoms in total. The van der Waals surface area contributed by atoms with Gasteiger partial charge in [0, 0.05) is 11.3 Å². The van der Waals surface area contributed by atoms with E-state index in [1.807, 2.05) is 0 Å². The van der Waals surface area contributed by atoms with E-state index in [1.54, 1.807) is 37.4 Å². The van der Waals surface area contributed by atoms with Crippen molar-refractivity contribution in [1.29, 1.82) is 0 Å². The molecule has 0 fully saturated rings. The number of benzene rings is 2. The minimum absolute atomic E-state index is 0.0944. The number of anilines is 1. The lowest BCUT2D eigenvalue weighted by Crippen LogP contribution is -2.04. The summed E-state index contributed by atoms with van der Waals surface area (Å²) in [5.41, 5.74) is 2.02. The van der Waals surface area contributed by atoms with Gasteiger partial charge in [0.1, 0.15) is 5.75 Å². The van der Waals surface area contributed by atoms with Crippen LogP contribution in [0.4, 0.5) is 5.69 Å². The summed E-state index contributed by atoms with van der Waals surface area (Å²) in [6, 6.07) is 11.4. The number of carboxylic acid groups (broad SMARTS) is 1. The van der Waals surface area contributed by atoms with Gasteiger partial charge in [0.25, 0.3) is 5.91 Å². The number of aromatic carboxylic acids is 1. The highest BCUT2D eigenvalue weighted by atomic mass is 35.5. The van der Waals surface area contributed by atoms with Gasteiger partial charge in [0.2, 0.25) is 0 Å². The Kier molecular flexibility index (Phi) is 3.80. The van der Waals surface area contributed by atoms with Crippen molar-refractivity contribution in [3.05, 3.63) is 59.2 Å². The van der Waals surface area contributed by atoms with Crippen LogP contribution in [0, 0.1) is 0 Å². The minimum Gasteiger partial charge on any atom is -0.497 e. The first-order chi connectivity index (χ1) is 11.0. The molecular formula is C17H12ClNO4. The first-order valence-corrected chi connectivity index (χ1v) is 7.12. The van der Waals surface area contributed by atoms with Crippen LogP contribution in [0.1, 0.15) is 21.5 Å². The number of fused-ring (bicyclic) bond motifs is 1. The fraction of sp³-hybridized carbons (Fsp3) is 0.0588. The lowest BCUT2D eigenvalue weighted by molar-refractivity contribution is -0.110. The second kappa shape index (κ2) is 5.78. The first kappa shape index (κ1) is 15.1. The van der Waals surface area contributed by atoms with Gasteiger partial charge in [-0.05, 0) is 48.0 Å². The molecular weight excluding hydrogens is 318 g/mol. The van der Waals surface area contributed by atoms with Crippen molar-refractivity contribution in [2.75, 3.05) is 12.4 Å². The zero-order chi connectivity index (χ0) is 16.6. The summed E-state index contributed by atoms with van der Waals surface area (Å²) < 4.78 is 5.09. The molecule has 1 heterocycles. The van der Waals surface area contributed by atoms with E-state index in [9.17, 15) is 9.59 Å². The van der Waals surface area contributed by atoms with Crippen molar-refractivity contribution in [2.24, 2.45) is 0 Å². The van der Waals surface area contributed by atoms with E-state index in [0.717, 1.165) is 0 Å². The van der Waals surface area contributed by atoms with E-state index < -0.39 is 5.97 Å². The molecule has 0 unspecified atom stereocenters. The van der Waals surface area contributed by atoms with E-state index in [4.69, 9.17) is 21.4 Å². The van der Waals surface area contributed by atoms with Crippen molar-refractivity contribution >= 4 is 39.8 Å². The standard InChI is InChI=1S/C17H12ClNO4/c1-23-11-5-2-9(3-6-11)15(18)14-12-8-10(17(21)22)4-7-13(12)19-16(14)20/h2-8H,1H3,(H,19,20)(H,21,22). The van der Waals surface area contributed by atoms with Crippen LogP contribution < -0.4 is 10.1 Å². The Bertz CT molecular complexity index is 840. The highest BCUT2D eigenvalue weighted by molar-refractivity contribution is 6.59. The van der Waals surface area contributed by atoms with Gasteiger partial charge < -0.3 is 15.2 Å². The van der Waals surface area contributed by atoms with Gasteiger partial charge in [-0.3, -0.25) is 4.79 Å². The Labute approximate surface area is 137 Å². The number of carbonyl (C=O) groups excluding carboxylic acids is 1. The number of amides is 1. The molecule has 1 aliphatic heterocycles. The van der Waals surface area contributed by atoms with E-state index >= 15 is 0 Å². The quantitative estimate of drug-likeness (QED) is 0.846. The summed E-state index contributed by atoms with van der Waals surface area (Å²) in [6.07, 6.45) is 0. The number of carbonyl (C=O) groups is 2. The Hall–Kier alpha value is -2.79. The smallest absolute Gasteiger partial charge is 0.335 e. The van der Waals surface area contributed by atoms with Crippen LogP contribution in [-0.4, -0.2) is 24.1 Å². The molecule has 2 aromatic carbocycles. The number of nitrogens with one attached hydrogen (secondary N) is 1. The lowest BCUT2D eigenvalue weighted by atomic mass is 10.0. The zero-order valence-electron chi connectivity index (χ0n) is 12.1. The molecule has 1 aliphatic rings. The maximum Gasteiger partial charge on any atom is 0.335 e. The third-order valence-electron chi connectivity index (χ3n) is 3.57. The highest BCUT2D eigenvalue weighted by Gasteiger charge is 2.28. The molecule has 0 aliphatic carbocycles. The van der Waals surface area contributed by atoms with Crippen molar-refractivity contribution in [3.63, 3.8) is 0 Å². The van der Waals surface area contributed by atoms with Gasteiger partial charge in [-0.2, -0.15) is 0 Å². The summed E-state index contributed by atoms with van der Waals surface area (Å²) in [6.45, 7) is 0. The van der Waals surface area contributed by atoms with E-state index in [1.165, 1.54) is 12.1 Å². The van der Waals surface area contributed by atoms with Gasteiger partial charge >= 0.3 is 5.97 Å². The predicted molar refractivity (Wildman–Crippen MR) is 87.7 cm³/mol. The highest BCUT2D eigenvalue weighted by Crippen LogP contribution is 2.39. The molecule has 23 heavy (non-hydrogen) atoms. The normalized spacial score (nSPS) is 15.0. The van der Waals surface area contributed by atoms with Gasteiger partial charge in [-0.25, -0.2) is 4.79 Å². The monoisotopic (exact) mass is 329 g/mol. The van der Waals surface area contributed by atoms with Crippen LogP contribution in [0.15, 0.2) is 42.5 Å². The van der Waals surface area contributed by atoms with Crippen molar-refractivity contribution in [1.82, 2.24) is 0 Å². The Morgan fingerprint density at radius 2 is 1.78 bits per heavy atom. The molecule has 0 saturated carbocycles. The van der Waals surface area contributed by atoms with Gasteiger partial charge in [0.05, 0.1) is 23.3 Å². The number of hydrogen-bond donors (Lipinski definition) is 2. The average Bonchev–Trinajstić information content (AvgIpc) is 2.89. The van der Waals surface area contributed by atoms with Crippen molar-refractivity contribution in [3.8, 4) is 5.75 Å². The molecule has 0 radical (unpaired) electrons. The largest absolute Gasteiger partial charge is 0.497 e. The van der Waals surface area contributed by atoms with Gasteiger partial charge in [0.15, 0.2) is 0 Å². The van der Waals surface area contributed by atoms with E-state index in [0.29, 0.717) is 22.6 Å². The average molecular weight is 330 g/mol. The third kappa shape index (κ3) is 2.66. The van der Waals surface area contributed by atoms with Crippen LogP contribution >= 0.6 is 11.6 Å². The zero-order valence-corrected chi connectivity index (χ0v) is 12.8. The second-order valence-corrected chi connectivity index (χ2v) is 5.32. The first-order valence-electron chi connectivity index (χ1n) is 6.74. The van der Waals surface area contributed by atoms with Crippen LogP contribution in [0.25, 0.3) is 10.6 Å². The molecule has 0 bridgehead atoms. The summed E-state index contributed by atoms with van der Waals surface area (Å²) in [5.74, 6) is -0.747. The predicted octanol–water partition coefficient (Wildman–Crippen LogP) is 3.45. The number of rotatable bonds is 3. The van der Waals surface area contributed by atoms with Crippen molar-refractivity contribution in [2.45, 2.75) is 0 Å². The maximum atomic E-state index is 12.2. The third-order valence-corrected chi connectivity index (χ3v) is 3.98. The van der Waals surface area contributed by atoms with E-state index in [2.05, 4.69) is 5.32 Å². The number of halogens is 1. The number of hydrogen-bond acceptors (Lipinski definition) is 3. The van der Waals surface area contributed by atoms with Crippen LogP contribution in [0.2, 0.25) is 0 Å². The Morgan fingerprint density at radius 3 is 2.39 bits per heavy atom. The summed E-state index contributed by atoms with van der Waals surface area (Å²) in [4.78, 5) is 23.4. The summed E-state index contributed by atoms with van der Waals surface area (Å²) >= 11 is 6.39. The molecule has 0 spiro atoms. The topological polar surface area (TPSA) is 75.6 Å². The molecule has 0 saturated heterocycles. The van der Waals surface area contributed by atoms with Crippen LogP contribution in [-0.2, 0) is 4.79 Å². The molecule has 0 atom stereocenters.